The molecule has 3 rings (SSSR count). The van der Waals surface area contributed by atoms with Crippen LogP contribution in [0.15, 0.2) is 28.7 Å². The molecule has 0 N–H and O–H groups in total. The van der Waals surface area contributed by atoms with Gasteiger partial charge < -0.3 is 9.15 Å². The smallest absolute Gasteiger partial charge is 0.408 e. The van der Waals surface area contributed by atoms with E-state index in [2.05, 4.69) is 10.1 Å². The topological polar surface area (TPSA) is 53.1 Å². The van der Waals surface area contributed by atoms with Crippen molar-refractivity contribution in [3.63, 3.8) is 0 Å². The highest BCUT2D eigenvalue weighted by Crippen LogP contribution is 2.29. The minimum Gasteiger partial charge on any atom is -0.409 e. The molecule has 5 nitrogen and oxygen atoms in total. The molecule has 0 saturated heterocycles. The number of alkyl halides is 3. The van der Waals surface area contributed by atoms with Gasteiger partial charge in [0.25, 0.3) is 0 Å². The van der Waals surface area contributed by atoms with Gasteiger partial charge in [-0.2, -0.15) is 23.3 Å². The summed E-state index contributed by atoms with van der Waals surface area (Å²) in [4.78, 5) is 4.02. The first-order chi connectivity index (χ1) is 10.3. The van der Waals surface area contributed by atoms with Crippen LogP contribution in [0.25, 0.3) is 11.1 Å². The molecule has 0 fully saturated rings. The van der Waals surface area contributed by atoms with Crippen molar-refractivity contribution < 1.29 is 22.3 Å². The van der Waals surface area contributed by atoms with Crippen molar-refractivity contribution in [3.05, 3.63) is 35.0 Å². The Bertz CT molecular complexity index is 826. The monoisotopic (exact) mass is 331 g/mol. The summed E-state index contributed by atoms with van der Waals surface area (Å²) in [6.07, 6.45) is -4.59. The van der Waals surface area contributed by atoms with E-state index in [-0.39, 0.29) is 12.0 Å². The molecule has 0 bridgehead atoms. The average Bonchev–Trinajstić information content (AvgIpc) is 2.90. The van der Waals surface area contributed by atoms with Gasteiger partial charge in [-0.15, -0.1) is 0 Å². The molecule has 0 aliphatic heterocycles. The summed E-state index contributed by atoms with van der Waals surface area (Å²) < 4.78 is 48.8. The van der Waals surface area contributed by atoms with Gasteiger partial charge in [-0.1, -0.05) is 11.6 Å². The van der Waals surface area contributed by atoms with Crippen molar-refractivity contribution in [2.75, 3.05) is 0 Å². The SMILES string of the molecule is Cc1cc(Oc2nc3cc(Cl)ccc3o2)n(CC(F)(F)F)n1. The second-order valence-electron chi connectivity index (χ2n) is 4.59. The summed E-state index contributed by atoms with van der Waals surface area (Å²) in [6.45, 7) is 0.299. The number of aryl methyl sites for hydroxylation is 1. The number of benzene rings is 1. The van der Waals surface area contributed by atoms with Gasteiger partial charge in [0.1, 0.15) is 12.1 Å². The fourth-order valence-corrected chi connectivity index (χ4v) is 2.07. The summed E-state index contributed by atoms with van der Waals surface area (Å²) >= 11 is 5.83. The van der Waals surface area contributed by atoms with Crippen molar-refractivity contribution in [1.82, 2.24) is 14.8 Å². The predicted octanol–water partition coefficient (Wildman–Crippen LogP) is 4.34. The lowest BCUT2D eigenvalue weighted by Gasteiger charge is -2.08. The zero-order valence-electron chi connectivity index (χ0n) is 11.2. The number of aromatic nitrogens is 3. The zero-order valence-corrected chi connectivity index (χ0v) is 11.9. The molecule has 2 heterocycles. The lowest BCUT2D eigenvalue weighted by molar-refractivity contribution is -0.143. The lowest BCUT2D eigenvalue weighted by atomic mass is 10.3. The summed E-state index contributed by atoms with van der Waals surface area (Å²) in [5.74, 6) is -0.104. The van der Waals surface area contributed by atoms with Crippen LogP contribution in [0, 0.1) is 6.92 Å². The van der Waals surface area contributed by atoms with E-state index in [4.69, 9.17) is 20.8 Å². The third-order valence-corrected chi connectivity index (χ3v) is 2.95. The number of ether oxygens (including phenoxy) is 1. The summed E-state index contributed by atoms with van der Waals surface area (Å²) in [5.41, 5.74) is 1.25. The van der Waals surface area contributed by atoms with Crippen LogP contribution in [-0.2, 0) is 6.54 Å². The number of rotatable bonds is 3. The predicted molar refractivity (Wildman–Crippen MR) is 72.1 cm³/mol. The molecule has 0 saturated carbocycles. The third-order valence-electron chi connectivity index (χ3n) is 2.72. The Kier molecular flexibility index (Phi) is 3.48. The van der Waals surface area contributed by atoms with E-state index >= 15 is 0 Å². The van der Waals surface area contributed by atoms with Gasteiger partial charge in [-0.05, 0) is 25.1 Å². The molecule has 3 aromatic rings. The maximum Gasteiger partial charge on any atom is 0.408 e. The molecule has 1 aromatic carbocycles. The van der Waals surface area contributed by atoms with Crippen LogP contribution < -0.4 is 4.74 Å². The molecule has 0 unspecified atom stereocenters. The molecular weight excluding hydrogens is 323 g/mol. The van der Waals surface area contributed by atoms with Crippen molar-refractivity contribution in [1.29, 1.82) is 0 Å². The third kappa shape index (κ3) is 3.16. The van der Waals surface area contributed by atoms with Gasteiger partial charge in [0, 0.05) is 11.1 Å². The molecular formula is C13H9ClF3N3O2. The molecule has 116 valence electrons. The molecule has 9 heteroatoms. The highest BCUT2D eigenvalue weighted by atomic mass is 35.5. The molecule has 0 radical (unpaired) electrons. The number of hydrogen-bond acceptors (Lipinski definition) is 4. The maximum atomic E-state index is 12.5. The first-order valence-electron chi connectivity index (χ1n) is 6.15. The van der Waals surface area contributed by atoms with Crippen molar-refractivity contribution in [2.24, 2.45) is 0 Å². The van der Waals surface area contributed by atoms with Crippen LogP contribution in [0.5, 0.6) is 12.0 Å². The standard InChI is InChI=1S/C13H9ClF3N3O2/c1-7-4-11(20(19-7)6-13(15,16)17)22-12-18-9-5-8(14)2-3-10(9)21-12/h2-5H,6H2,1H3. The van der Waals surface area contributed by atoms with Crippen molar-refractivity contribution in [3.8, 4) is 12.0 Å². The first-order valence-corrected chi connectivity index (χ1v) is 6.53. The number of nitrogens with zero attached hydrogens (tertiary/aromatic N) is 3. The Morgan fingerprint density at radius 1 is 1.32 bits per heavy atom. The first kappa shape index (κ1) is 14.7. The summed E-state index contributed by atoms with van der Waals surface area (Å²) in [7, 11) is 0. The number of hydrogen-bond donors (Lipinski definition) is 0. The maximum absolute atomic E-state index is 12.5. The Morgan fingerprint density at radius 3 is 2.82 bits per heavy atom. The van der Waals surface area contributed by atoms with Crippen molar-refractivity contribution >= 4 is 22.7 Å². The number of halogens is 4. The Hall–Kier alpha value is -2.22. The molecule has 22 heavy (non-hydrogen) atoms. The number of fused-ring (bicyclic) bond motifs is 1. The van der Waals surface area contributed by atoms with Crippen LogP contribution in [0.4, 0.5) is 13.2 Å². The van der Waals surface area contributed by atoms with E-state index in [0.29, 0.717) is 26.5 Å². The van der Waals surface area contributed by atoms with Crippen LogP contribution in [-0.4, -0.2) is 20.9 Å². The Labute approximate surface area is 127 Å². The molecule has 0 spiro atoms. The Balaban J connectivity index is 1.91. The summed E-state index contributed by atoms with van der Waals surface area (Å²) in [5, 5.41) is 4.20. The van der Waals surface area contributed by atoms with Gasteiger partial charge in [-0.25, -0.2) is 4.68 Å². The molecule has 0 amide bonds. The fraction of sp³-hybridized carbons (Fsp3) is 0.231. The highest BCUT2D eigenvalue weighted by Gasteiger charge is 2.30. The van der Waals surface area contributed by atoms with E-state index < -0.39 is 12.7 Å². The van der Waals surface area contributed by atoms with Crippen LogP contribution in [0.1, 0.15) is 5.69 Å². The minimum atomic E-state index is -4.41. The van der Waals surface area contributed by atoms with Crippen molar-refractivity contribution in [2.45, 2.75) is 19.6 Å². The van der Waals surface area contributed by atoms with Gasteiger partial charge >= 0.3 is 12.3 Å². The second-order valence-corrected chi connectivity index (χ2v) is 5.03. The van der Waals surface area contributed by atoms with Gasteiger partial charge in [-0.3, -0.25) is 0 Å². The van der Waals surface area contributed by atoms with Gasteiger partial charge in [0.05, 0.1) is 5.69 Å². The number of oxazole rings is 1. The van der Waals surface area contributed by atoms with Crippen LogP contribution in [0.3, 0.4) is 0 Å². The largest absolute Gasteiger partial charge is 0.409 e. The molecule has 2 aromatic heterocycles. The van der Waals surface area contributed by atoms with E-state index in [1.807, 2.05) is 0 Å². The Morgan fingerprint density at radius 2 is 2.09 bits per heavy atom. The van der Waals surface area contributed by atoms with Gasteiger partial charge in [0.15, 0.2) is 5.58 Å². The van der Waals surface area contributed by atoms with E-state index in [1.54, 1.807) is 25.1 Å². The molecule has 0 aliphatic rings. The van der Waals surface area contributed by atoms with Crippen LogP contribution in [0.2, 0.25) is 5.02 Å². The summed E-state index contributed by atoms with van der Waals surface area (Å²) in [6, 6.07) is 6.13. The highest BCUT2D eigenvalue weighted by molar-refractivity contribution is 6.31. The van der Waals surface area contributed by atoms with E-state index in [1.165, 1.54) is 6.07 Å². The molecule has 0 aliphatic carbocycles. The fourth-order valence-electron chi connectivity index (χ4n) is 1.90. The van der Waals surface area contributed by atoms with Crippen LogP contribution >= 0.6 is 11.6 Å². The second kappa shape index (κ2) is 5.20. The van der Waals surface area contributed by atoms with E-state index in [9.17, 15) is 13.2 Å². The quantitative estimate of drug-likeness (QED) is 0.716. The average molecular weight is 332 g/mol. The zero-order chi connectivity index (χ0) is 15.9. The van der Waals surface area contributed by atoms with E-state index in [0.717, 1.165) is 0 Å². The lowest BCUT2D eigenvalue weighted by Crippen LogP contribution is -2.19. The molecule has 0 atom stereocenters. The minimum absolute atomic E-state index is 0.104. The normalized spacial score (nSPS) is 12.0. The van der Waals surface area contributed by atoms with Gasteiger partial charge in [0.2, 0.25) is 5.88 Å².